The molecule has 0 spiro atoms. The second kappa shape index (κ2) is 5.16. The van der Waals surface area contributed by atoms with E-state index in [9.17, 15) is 18.0 Å². The van der Waals surface area contributed by atoms with Crippen LogP contribution < -0.4 is 9.47 Å². The van der Waals surface area contributed by atoms with Crippen molar-refractivity contribution >= 4 is 5.97 Å². The highest BCUT2D eigenvalue weighted by Gasteiger charge is 2.38. The van der Waals surface area contributed by atoms with Gasteiger partial charge in [0.15, 0.2) is 6.10 Å². The maximum atomic E-state index is 12.3. The summed E-state index contributed by atoms with van der Waals surface area (Å²) in [6.07, 6.45) is -6.65. The van der Waals surface area contributed by atoms with Gasteiger partial charge in [-0.15, -0.1) is 0 Å². The predicted molar refractivity (Wildman–Crippen MR) is 56.1 cm³/mol. The highest BCUT2D eigenvalue weighted by Crippen LogP contribution is 2.29. The molecule has 18 heavy (non-hydrogen) atoms. The molecule has 1 N–H and O–H groups in total. The molecule has 0 fully saturated rings. The molecule has 0 radical (unpaired) electrons. The monoisotopic (exact) mass is 264 g/mol. The Balaban J connectivity index is 3.05. The van der Waals surface area contributed by atoms with Crippen LogP contribution in [0.1, 0.15) is 17.3 Å². The quantitative estimate of drug-likeness (QED) is 0.908. The van der Waals surface area contributed by atoms with Gasteiger partial charge in [0.05, 0.1) is 7.11 Å². The summed E-state index contributed by atoms with van der Waals surface area (Å²) in [5, 5.41) is 8.88. The molecule has 0 aliphatic rings. The van der Waals surface area contributed by atoms with Gasteiger partial charge in [0.25, 0.3) is 0 Å². The van der Waals surface area contributed by atoms with Gasteiger partial charge < -0.3 is 14.6 Å². The van der Waals surface area contributed by atoms with Gasteiger partial charge in [0.1, 0.15) is 17.1 Å². The van der Waals surface area contributed by atoms with E-state index in [-0.39, 0.29) is 17.1 Å². The molecule has 100 valence electrons. The second-order valence-corrected chi connectivity index (χ2v) is 3.47. The summed E-state index contributed by atoms with van der Waals surface area (Å²) in [6.45, 7) is 0.801. The van der Waals surface area contributed by atoms with Crippen LogP contribution in [0.2, 0.25) is 0 Å². The molecule has 1 unspecified atom stereocenters. The Labute approximate surface area is 101 Å². The number of hydrogen-bond donors (Lipinski definition) is 1. The first-order chi connectivity index (χ1) is 8.25. The number of halogens is 3. The van der Waals surface area contributed by atoms with E-state index in [1.807, 2.05) is 0 Å². The third-order valence-electron chi connectivity index (χ3n) is 2.18. The third kappa shape index (κ3) is 3.28. The van der Waals surface area contributed by atoms with E-state index in [0.717, 1.165) is 19.1 Å². The number of benzene rings is 1. The number of carboxylic acid groups (broad SMARTS) is 1. The van der Waals surface area contributed by atoms with Gasteiger partial charge in [-0.05, 0) is 25.1 Å². The van der Waals surface area contributed by atoms with E-state index >= 15 is 0 Å². The zero-order chi connectivity index (χ0) is 13.9. The molecule has 0 aliphatic heterocycles. The first-order valence-corrected chi connectivity index (χ1v) is 4.90. The zero-order valence-electron chi connectivity index (χ0n) is 9.62. The number of alkyl halides is 3. The van der Waals surface area contributed by atoms with Crippen LogP contribution in [0.25, 0.3) is 0 Å². The van der Waals surface area contributed by atoms with E-state index in [1.165, 1.54) is 13.2 Å². The lowest BCUT2D eigenvalue weighted by Gasteiger charge is -2.19. The summed E-state index contributed by atoms with van der Waals surface area (Å²) in [5.74, 6) is -1.52. The van der Waals surface area contributed by atoms with Crippen LogP contribution in [0.5, 0.6) is 11.5 Å². The Hall–Kier alpha value is -1.92. The maximum absolute atomic E-state index is 12.3. The average Bonchev–Trinajstić information content (AvgIpc) is 2.27. The molecule has 0 amide bonds. The largest absolute Gasteiger partial charge is 0.497 e. The normalized spacial score (nSPS) is 12.9. The first kappa shape index (κ1) is 14.1. The highest BCUT2D eigenvalue weighted by molar-refractivity contribution is 5.91. The fourth-order valence-corrected chi connectivity index (χ4v) is 1.16. The van der Waals surface area contributed by atoms with Gasteiger partial charge >= 0.3 is 12.1 Å². The van der Waals surface area contributed by atoms with Crippen molar-refractivity contribution in [3.05, 3.63) is 23.8 Å². The molecule has 0 saturated carbocycles. The number of ether oxygens (including phenoxy) is 2. The molecule has 7 heteroatoms. The van der Waals surface area contributed by atoms with Crippen LogP contribution in [0.15, 0.2) is 18.2 Å². The van der Waals surface area contributed by atoms with Crippen molar-refractivity contribution in [1.29, 1.82) is 0 Å². The molecule has 1 rings (SSSR count). The standard InChI is InChI=1S/C11H11F3O4/c1-6(11(12,13)14)18-9-4-3-7(17-2)5-8(9)10(15)16/h3-6H,1-2H3,(H,15,16). The van der Waals surface area contributed by atoms with Crippen LogP contribution in [-0.4, -0.2) is 30.5 Å². The van der Waals surface area contributed by atoms with Gasteiger partial charge in [0, 0.05) is 0 Å². The Bertz CT molecular complexity index is 442. The van der Waals surface area contributed by atoms with Gasteiger partial charge in [-0.3, -0.25) is 0 Å². The maximum Gasteiger partial charge on any atom is 0.425 e. The van der Waals surface area contributed by atoms with Gasteiger partial charge in [-0.1, -0.05) is 0 Å². The average molecular weight is 264 g/mol. The molecule has 0 aliphatic carbocycles. The number of carboxylic acids is 1. The number of aromatic carboxylic acids is 1. The summed E-state index contributed by atoms with van der Waals surface area (Å²) >= 11 is 0. The summed E-state index contributed by atoms with van der Waals surface area (Å²) in [5.41, 5.74) is -0.384. The van der Waals surface area contributed by atoms with Crippen molar-refractivity contribution in [3.63, 3.8) is 0 Å². The molecule has 1 atom stereocenters. The van der Waals surface area contributed by atoms with E-state index in [1.54, 1.807) is 0 Å². The van der Waals surface area contributed by atoms with Gasteiger partial charge in [-0.2, -0.15) is 13.2 Å². The van der Waals surface area contributed by atoms with Crippen LogP contribution in [0.3, 0.4) is 0 Å². The molecule has 0 heterocycles. The van der Waals surface area contributed by atoms with Crippen molar-refractivity contribution < 1.29 is 32.5 Å². The van der Waals surface area contributed by atoms with Crippen LogP contribution in [0, 0.1) is 0 Å². The van der Waals surface area contributed by atoms with E-state index in [4.69, 9.17) is 9.84 Å². The molecule has 1 aromatic carbocycles. The minimum Gasteiger partial charge on any atom is -0.497 e. The molecule has 0 bridgehead atoms. The number of rotatable bonds is 4. The van der Waals surface area contributed by atoms with Crippen LogP contribution in [0.4, 0.5) is 13.2 Å². The fraction of sp³-hybridized carbons (Fsp3) is 0.364. The topological polar surface area (TPSA) is 55.8 Å². The molecule has 0 saturated heterocycles. The first-order valence-electron chi connectivity index (χ1n) is 4.90. The smallest absolute Gasteiger partial charge is 0.425 e. The summed E-state index contributed by atoms with van der Waals surface area (Å²) < 4.78 is 46.3. The van der Waals surface area contributed by atoms with E-state index in [2.05, 4.69) is 4.74 Å². The van der Waals surface area contributed by atoms with Crippen LogP contribution >= 0.6 is 0 Å². The molecule has 4 nitrogen and oxygen atoms in total. The molecule has 0 aromatic heterocycles. The Kier molecular flexibility index (Phi) is 4.05. The summed E-state index contributed by atoms with van der Waals surface area (Å²) in [7, 11) is 1.32. The number of carbonyl (C=O) groups is 1. The molecular formula is C11H11F3O4. The van der Waals surface area contributed by atoms with Crippen molar-refractivity contribution in [2.75, 3.05) is 7.11 Å². The lowest BCUT2D eigenvalue weighted by Crippen LogP contribution is -2.31. The molecular weight excluding hydrogens is 253 g/mol. The van der Waals surface area contributed by atoms with Crippen molar-refractivity contribution in [2.45, 2.75) is 19.2 Å². The summed E-state index contributed by atoms with van der Waals surface area (Å²) in [4.78, 5) is 10.9. The van der Waals surface area contributed by atoms with Gasteiger partial charge in [0.2, 0.25) is 0 Å². The fourth-order valence-electron chi connectivity index (χ4n) is 1.16. The SMILES string of the molecule is COc1ccc(OC(C)C(F)(F)F)c(C(=O)O)c1. The number of hydrogen-bond acceptors (Lipinski definition) is 3. The van der Waals surface area contributed by atoms with Crippen molar-refractivity contribution in [2.24, 2.45) is 0 Å². The van der Waals surface area contributed by atoms with Crippen molar-refractivity contribution in [1.82, 2.24) is 0 Å². The van der Waals surface area contributed by atoms with Gasteiger partial charge in [-0.25, -0.2) is 4.79 Å². The van der Waals surface area contributed by atoms with E-state index < -0.39 is 18.2 Å². The zero-order valence-corrected chi connectivity index (χ0v) is 9.62. The highest BCUT2D eigenvalue weighted by atomic mass is 19.4. The molecule has 1 aromatic rings. The lowest BCUT2D eigenvalue weighted by atomic mass is 10.2. The minimum absolute atomic E-state index is 0.222. The second-order valence-electron chi connectivity index (χ2n) is 3.47. The van der Waals surface area contributed by atoms with Crippen molar-refractivity contribution in [3.8, 4) is 11.5 Å². The van der Waals surface area contributed by atoms with Crippen LogP contribution in [-0.2, 0) is 0 Å². The Morgan fingerprint density at radius 2 is 2.00 bits per heavy atom. The van der Waals surface area contributed by atoms with E-state index in [0.29, 0.717) is 0 Å². The third-order valence-corrected chi connectivity index (χ3v) is 2.18. The lowest BCUT2D eigenvalue weighted by molar-refractivity contribution is -0.189. The minimum atomic E-state index is -4.56. The summed E-state index contributed by atoms with van der Waals surface area (Å²) in [6, 6.07) is 3.55. The Morgan fingerprint density at radius 3 is 2.44 bits per heavy atom. The predicted octanol–water partition coefficient (Wildman–Crippen LogP) is 2.72. The number of methoxy groups -OCH3 is 1. The Morgan fingerprint density at radius 1 is 1.39 bits per heavy atom.